The van der Waals surface area contributed by atoms with Gasteiger partial charge in [0.25, 0.3) is 0 Å². The Morgan fingerprint density at radius 1 is 1.08 bits per heavy atom. The molecule has 0 aromatic carbocycles. The summed E-state index contributed by atoms with van der Waals surface area (Å²) in [5, 5.41) is 21.4. The summed E-state index contributed by atoms with van der Waals surface area (Å²) in [6, 6.07) is -2.15. The molecule has 0 aliphatic rings. The van der Waals surface area contributed by atoms with Gasteiger partial charge in [0.15, 0.2) is 0 Å². The number of nitroso groups, excluding NO2 is 2. The van der Waals surface area contributed by atoms with E-state index in [4.69, 9.17) is 36.9 Å². The largest absolute Gasteiger partial charge is 2.00 e. The van der Waals surface area contributed by atoms with Crippen molar-refractivity contribution in [3.63, 3.8) is 0 Å². The summed E-state index contributed by atoms with van der Waals surface area (Å²) in [4.78, 5) is 58.2. The third-order valence-electron chi connectivity index (χ3n) is 2.25. The van der Waals surface area contributed by atoms with Crippen LogP contribution in [0.1, 0.15) is 12.8 Å². The zero-order chi connectivity index (χ0) is 19.7. The van der Waals surface area contributed by atoms with Gasteiger partial charge < -0.3 is 47.6 Å². The number of nitrogens with zero attached hydrogens (tertiary/aromatic N) is 2. The zero-order valence-corrected chi connectivity index (χ0v) is 14.6. The van der Waals surface area contributed by atoms with Gasteiger partial charge in [-0.3, -0.25) is 19.2 Å². The summed E-state index contributed by atoms with van der Waals surface area (Å²) < 4.78 is 0. The van der Waals surface area contributed by atoms with Crippen LogP contribution >= 0.6 is 12.6 Å². The van der Waals surface area contributed by atoms with Crippen molar-refractivity contribution in [2.24, 2.45) is 5.73 Å². The molecule has 15 heteroatoms. The van der Waals surface area contributed by atoms with Crippen LogP contribution in [0.3, 0.4) is 0 Å². The summed E-state index contributed by atoms with van der Waals surface area (Å²) in [6.07, 6.45) is -0.235. The molecule has 0 aliphatic heterocycles. The molecule has 0 aromatic rings. The fraction of sp³-hybridized carbons (Fsp3) is 0.600. The van der Waals surface area contributed by atoms with Gasteiger partial charge in [0.1, 0.15) is 18.6 Å². The Bertz CT molecular complexity index is 428. The van der Waals surface area contributed by atoms with Gasteiger partial charge in [0, 0.05) is 12.2 Å². The molecule has 13 nitrogen and oxygen atoms in total. The summed E-state index contributed by atoms with van der Waals surface area (Å²) in [5.41, 5.74) is 16.7. The quantitative estimate of drug-likeness (QED) is 0.185. The minimum absolute atomic E-state index is 0. The zero-order valence-electron chi connectivity index (χ0n) is 12.6. The molecule has 0 fully saturated rings. The number of nitrogens with two attached hydrogens (primary N) is 1. The van der Waals surface area contributed by atoms with E-state index in [-0.39, 0.29) is 35.7 Å². The molecule has 0 rings (SSSR count). The maximum atomic E-state index is 11.5. The van der Waals surface area contributed by atoms with Crippen molar-refractivity contribution in [3.8, 4) is 0 Å². The fourth-order valence-electron chi connectivity index (χ4n) is 1.16. The second kappa shape index (κ2) is 20.0. The molecule has 6 N–H and O–H groups in total. The van der Waals surface area contributed by atoms with E-state index in [0.29, 0.717) is 0 Å². The van der Waals surface area contributed by atoms with E-state index in [9.17, 15) is 19.2 Å². The van der Waals surface area contributed by atoms with Gasteiger partial charge in [-0.25, -0.2) is 0 Å². The van der Waals surface area contributed by atoms with Crippen LogP contribution in [0.4, 0.5) is 0 Å². The van der Waals surface area contributed by atoms with Crippen LogP contribution in [0.15, 0.2) is 0 Å². The third kappa shape index (κ3) is 18.1. The number of carboxylic acids is 2. The molecule has 2 atom stereocenters. The Morgan fingerprint density at radius 3 is 1.92 bits per heavy atom. The molecule has 0 aliphatic carbocycles. The molecule has 0 aromatic heterocycles. The number of carboxylic acid groups (broad SMARTS) is 2. The average molecular weight is 423 g/mol. The molecule has 0 saturated carbocycles. The van der Waals surface area contributed by atoms with Gasteiger partial charge in [0.05, 0.1) is 0 Å². The number of carbonyl (C=O) groups is 4. The predicted molar refractivity (Wildman–Crippen MR) is 84.7 cm³/mol. The van der Waals surface area contributed by atoms with Crippen LogP contribution in [-0.4, -0.2) is 58.3 Å². The van der Waals surface area contributed by atoms with Crippen molar-refractivity contribution in [1.29, 1.82) is 0 Å². The summed E-state index contributed by atoms with van der Waals surface area (Å²) in [7, 11) is 0. The normalized spacial score (nSPS) is 10.8. The van der Waals surface area contributed by atoms with Gasteiger partial charge in [0.2, 0.25) is 11.8 Å². The second-order valence-electron chi connectivity index (χ2n) is 3.90. The Hall–Kier alpha value is -2.09. The number of thiol groups is 1. The third-order valence-corrected chi connectivity index (χ3v) is 2.61. The smallest absolute Gasteiger partial charge is 0.577 e. The van der Waals surface area contributed by atoms with Crippen molar-refractivity contribution < 1.29 is 46.5 Å². The number of hydrogen-bond donors (Lipinski definition) is 6. The van der Waals surface area contributed by atoms with Gasteiger partial charge in [-0.05, 0) is 6.42 Å². The average Bonchev–Trinajstić information content (AvgIpc) is 2.58. The van der Waals surface area contributed by atoms with Crippen molar-refractivity contribution >= 4 is 36.4 Å². The van der Waals surface area contributed by atoms with E-state index < -0.39 is 42.4 Å². The molecule has 144 valence electrons. The topological polar surface area (TPSA) is 238 Å². The van der Waals surface area contributed by atoms with E-state index in [2.05, 4.69) is 23.3 Å². The minimum atomic E-state index is -1.22. The Kier molecular flexibility index (Phi) is 24.5. The molecule has 2 amide bonds. The number of nitrogens with one attached hydrogen (secondary N) is 2. The first-order chi connectivity index (χ1) is 11.3. The first-order valence-corrected chi connectivity index (χ1v) is 6.65. The molecule has 0 bridgehead atoms. The molecule has 0 saturated heterocycles. The van der Waals surface area contributed by atoms with E-state index in [0.717, 1.165) is 0 Å². The Morgan fingerprint density at radius 2 is 1.56 bits per heavy atom. The summed E-state index contributed by atoms with van der Waals surface area (Å²) in [5.74, 6) is -3.70. The molecule has 0 heterocycles. The van der Waals surface area contributed by atoms with Crippen LogP contribution in [0.2, 0.25) is 0 Å². The van der Waals surface area contributed by atoms with Crippen molar-refractivity contribution in [2.45, 2.75) is 24.9 Å². The monoisotopic (exact) mass is 423 g/mol. The molecule has 0 radical (unpaired) electrons. The standard InChI is InChI=1S/C10H17N3O6S.Fe.2NO/c11-5(10(18)19)1-2-7(14)13-6(4-20)9(17)12-3-8(15)16;;2*1-2/h5-6,20H,1-4,11H2,(H,12,17)(H,13,14)(H,15,16)(H,18,19);;;/q;+2;2*-1/t5-,6-;;;/m0.../s1. The molecule has 0 unspecified atom stereocenters. The van der Waals surface area contributed by atoms with E-state index >= 15 is 0 Å². The molecule has 25 heavy (non-hydrogen) atoms. The fourth-order valence-corrected chi connectivity index (χ4v) is 1.41. The number of carbonyl (C=O) groups excluding carboxylic acids is 2. The number of aliphatic carboxylic acids is 2. The van der Waals surface area contributed by atoms with Crippen LogP contribution in [0.25, 0.3) is 11.2 Å². The number of hydrogen-bond acceptors (Lipinski definition) is 8. The van der Waals surface area contributed by atoms with Crippen LogP contribution in [0.5, 0.6) is 0 Å². The van der Waals surface area contributed by atoms with E-state index in [1.54, 1.807) is 0 Å². The Balaban J connectivity index is -0.000000408. The molecular weight excluding hydrogens is 406 g/mol. The Labute approximate surface area is 157 Å². The maximum Gasteiger partial charge on any atom is 2.00 e. The summed E-state index contributed by atoms with van der Waals surface area (Å²) in [6.45, 7) is -0.567. The second-order valence-corrected chi connectivity index (χ2v) is 4.26. The molecule has 0 spiro atoms. The van der Waals surface area contributed by atoms with Gasteiger partial charge in [-0.15, -0.1) is 0 Å². The van der Waals surface area contributed by atoms with Crippen LogP contribution < -0.4 is 16.4 Å². The minimum Gasteiger partial charge on any atom is -0.577 e. The SMILES string of the molecule is N[C@@H](CCC(=O)N[C@@H](CS)C(=O)NCC(=O)O)C(=O)O.[Fe+2].[N-]=O.[N-]=O. The predicted octanol–water partition coefficient (Wildman–Crippen LogP) is -1.56. The number of amides is 2. The van der Waals surface area contributed by atoms with Crippen LogP contribution in [-0.2, 0) is 36.2 Å². The van der Waals surface area contributed by atoms with Crippen molar-refractivity contribution in [3.05, 3.63) is 21.0 Å². The van der Waals surface area contributed by atoms with Crippen LogP contribution in [0, 0.1) is 9.81 Å². The van der Waals surface area contributed by atoms with Crippen molar-refractivity contribution in [1.82, 2.24) is 10.6 Å². The van der Waals surface area contributed by atoms with Gasteiger partial charge in [-0.2, -0.15) is 12.6 Å². The summed E-state index contributed by atoms with van der Waals surface area (Å²) >= 11 is 3.87. The van der Waals surface area contributed by atoms with Crippen molar-refractivity contribution in [2.75, 3.05) is 12.3 Å². The number of rotatable bonds is 9. The first kappa shape index (κ1) is 30.8. The first-order valence-electron chi connectivity index (χ1n) is 6.02. The molecular formula is C10H17FeN5O8S. The maximum absolute atomic E-state index is 11.5. The van der Waals surface area contributed by atoms with E-state index in [1.165, 1.54) is 0 Å². The van der Waals surface area contributed by atoms with E-state index in [1.807, 2.05) is 0 Å². The van der Waals surface area contributed by atoms with Gasteiger partial charge in [-0.1, -0.05) is 0 Å². The van der Waals surface area contributed by atoms with Gasteiger partial charge >= 0.3 is 29.0 Å².